The van der Waals surface area contributed by atoms with Crippen molar-refractivity contribution in [2.75, 3.05) is 0 Å². The molecule has 12 heavy (non-hydrogen) atoms. The SMILES string of the molecule is C[Si](C)(C=C=O)c1ccccc1. The second-order valence-corrected chi connectivity index (χ2v) is 7.66. The number of benzene rings is 1. The van der Waals surface area contributed by atoms with Gasteiger partial charge in [-0.25, -0.2) is 4.79 Å². The maximum absolute atomic E-state index is 10.2. The number of hydrogen-bond acceptors (Lipinski definition) is 1. The second kappa shape index (κ2) is 3.52. The van der Waals surface area contributed by atoms with Crippen molar-refractivity contribution in [2.24, 2.45) is 0 Å². The minimum atomic E-state index is -1.63. The van der Waals surface area contributed by atoms with Gasteiger partial charge in [0.25, 0.3) is 0 Å². The molecule has 0 aliphatic carbocycles. The number of rotatable bonds is 2. The molecule has 0 radical (unpaired) electrons. The number of carbonyl (C=O) groups excluding carboxylic acids is 1. The lowest BCUT2D eigenvalue weighted by Gasteiger charge is -2.15. The van der Waals surface area contributed by atoms with E-state index in [1.54, 1.807) is 5.70 Å². The van der Waals surface area contributed by atoms with E-state index in [0.717, 1.165) is 0 Å². The second-order valence-electron chi connectivity index (χ2n) is 3.35. The smallest absolute Gasteiger partial charge is 0.117 e. The van der Waals surface area contributed by atoms with Gasteiger partial charge in [-0.1, -0.05) is 48.6 Å². The molecule has 1 aromatic carbocycles. The highest BCUT2D eigenvalue weighted by atomic mass is 28.3. The fourth-order valence-corrected chi connectivity index (χ4v) is 2.61. The van der Waals surface area contributed by atoms with Crippen LogP contribution in [0.1, 0.15) is 0 Å². The van der Waals surface area contributed by atoms with E-state index >= 15 is 0 Å². The minimum Gasteiger partial charge on any atom is -0.234 e. The summed E-state index contributed by atoms with van der Waals surface area (Å²) in [7, 11) is -1.63. The van der Waals surface area contributed by atoms with Crippen LogP contribution < -0.4 is 5.19 Å². The Morgan fingerprint density at radius 2 is 1.83 bits per heavy atom. The lowest BCUT2D eigenvalue weighted by molar-refractivity contribution is 0.569. The van der Waals surface area contributed by atoms with E-state index in [1.165, 1.54) is 5.19 Å². The molecule has 0 aromatic heterocycles. The average molecular weight is 176 g/mol. The zero-order valence-electron chi connectivity index (χ0n) is 7.37. The molecule has 0 bridgehead atoms. The maximum atomic E-state index is 10.2. The Morgan fingerprint density at radius 3 is 2.33 bits per heavy atom. The van der Waals surface area contributed by atoms with Crippen molar-refractivity contribution in [3.8, 4) is 0 Å². The molecule has 0 spiro atoms. The lowest BCUT2D eigenvalue weighted by Crippen LogP contribution is -2.39. The molecule has 62 valence electrons. The van der Waals surface area contributed by atoms with Gasteiger partial charge in [-0.15, -0.1) is 0 Å². The first kappa shape index (κ1) is 8.98. The van der Waals surface area contributed by atoms with Crippen LogP contribution in [-0.2, 0) is 4.79 Å². The zero-order valence-corrected chi connectivity index (χ0v) is 8.37. The van der Waals surface area contributed by atoms with E-state index in [4.69, 9.17) is 0 Å². The summed E-state index contributed by atoms with van der Waals surface area (Å²) < 4.78 is 0. The molecular weight excluding hydrogens is 164 g/mol. The molecule has 0 aliphatic heterocycles. The molecule has 1 aromatic rings. The summed E-state index contributed by atoms with van der Waals surface area (Å²) in [4.78, 5) is 10.2. The summed E-state index contributed by atoms with van der Waals surface area (Å²) in [6.07, 6.45) is 0. The van der Waals surface area contributed by atoms with Crippen molar-refractivity contribution in [3.05, 3.63) is 36.0 Å². The summed E-state index contributed by atoms with van der Waals surface area (Å²) in [6, 6.07) is 10.1. The molecule has 0 saturated carbocycles. The lowest BCUT2D eigenvalue weighted by atomic mass is 10.4. The van der Waals surface area contributed by atoms with Gasteiger partial charge in [0, 0.05) is 0 Å². The Kier molecular flexibility index (Phi) is 2.64. The minimum absolute atomic E-state index is 1.27. The maximum Gasteiger partial charge on any atom is 0.117 e. The molecule has 1 nitrogen and oxygen atoms in total. The van der Waals surface area contributed by atoms with Gasteiger partial charge < -0.3 is 0 Å². The van der Waals surface area contributed by atoms with Crippen molar-refractivity contribution < 1.29 is 4.79 Å². The molecule has 1 rings (SSSR count). The summed E-state index contributed by atoms with van der Waals surface area (Å²) >= 11 is 0. The highest BCUT2D eigenvalue weighted by Gasteiger charge is 2.19. The fraction of sp³-hybridized carbons (Fsp3) is 0.200. The van der Waals surface area contributed by atoms with Crippen LogP contribution in [0.3, 0.4) is 0 Å². The molecular formula is C10H12OSi. The van der Waals surface area contributed by atoms with Gasteiger partial charge in [0.05, 0.1) is 0 Å². The molecule has 0 atom stereocenters. The first-order valence-corrected chi connectivity index (χ1v) is 7.02. The van der Waals surface area contributed by atoms with Gasteiger partial charge in [-0.2, -0.15) is 0 Å². The summed E-state index contributed by atoms with van der Waals surface area (Å²) in [5.41, 5.74) is 1.68. The Hall–Kier alpha value is -1.11. The first-order valence-electron chi connectivity index (χ1n) is 3.94. The highest BCUT2D eigenvalue weighted by molar-refractivity contribution is 6.94. The van der Waals surface area contributed by atoms with E-state index in [2.05, 4.69) is 25.2 Å². The molecule has 0 aliphatic rings. The molecule has 0 heterocycles. The third kappa shape index (κ3) is 1.94. The van der Waals surface area contributed by atoms with Gasteiger partial charge in [0.15, 0.2) is 0 Å². The Bertz CT molecular complexity index is 297. The molecule has 2 heteroatoms. The van der Waals surface area contributed by atoms with Crippen LogP contribution in [0.5, 0.6) is 0 Å². The quantitative estimate of drug-likeness (QED) is 0.493. The van der Waals surface area contributed by atoms with E-state index in [1.807, 2.05) is 24.1 Å². The van der Waals surface area contributed by atoms with Gasteiger partial charge in [0.1, 0.15) is 14.0 Å². The van der Waals surface area contributed by atoms with Crippen molar-refractivity contribution in [1.82, 2.24) is 0 Å². The number of hydrogen-bond donors (Lipinski definition) is 0. The molecule has 0 saturated heterocycles. The van der Waals surface area contributed by atoms with Crippen molar-refractivity contribution >= 4 is 19.2 Å². The van der Waals surface area contributed by atoms with E-state index in [0.29, 0.717) is 0 Å². The third-order valence-corrected chi connectivity index (χ3v) is 4.60. The molecule has 0 unspecified atom stereocenters. The summed E-state index contributed by atoms with van der Waals surface area (Å²) in [6.45, 7) is 4.26. The largest absolute Gasteiger partial charge is 0.234 e. The fourth-order valence-electron chi connectivity index (χ4n) is 1.10. The van der Waals surface area contributed by atoms with Crippen molar-refractivity contribution in [3.63, 3.8) is 0 Å². The van der Waals surface area contributed by atoms with Gasteiger partial charge in [0.2, 0.25) is 0 Å². The van der Waals surface area contributed by atoms with E-state index in [9.17, 15) is 4.79 Å². The van der Waals surface area contributed by atoms with Crippen molar-refractivity contribution in [2.45, 2.75) is 13.1 Å². The van der Waals surface area contributed by atoms with Crippen LogP contribution in [-0.4, -0.2) is 14.0 Å². The molecule has 0 N–H and O–H groups in total. The van der Waals surface area contributed by atoms with Crippen LogP contribution in [0.4, 0.5) is 0 Å². The summed E-state index contributed by atoms with van der Waals surface area (Å²) in [5, 5.41) is 1.27. The van der Waals surface area contributed by atoms with E-state index in [-0.39, 0.29) is 0 Å². The van der Waals surface area contributed by atoms with E-state index < -0.39 is 8.07 Å². The zero-order chi connectivity index (χ0) is 9.03. The van der Waals surface area contributed by atoms with Crippen molar-refractivity contribution in [1.29, 1.82) is 0 Å². The first-order chi connectivity index (χ1) is 5.67. The monoisotopic (exact) mass is 176 g/mol. The molecule has 0 fully saturated rings. The highest BCUT2D eigenvalue weighted by Crippen LogP contribution is 2.02. The Balaban J connectivity index is 3.05. The Labute approximate surface area is 73.7 Å². The van der Waals surface area contributed by atoms with Crippen LogP contribution in [0, 0.1) is 0 Å². The normalized spacial score (nSPS) is 10.5. The predicted octanol–water partition coefficient (Wildman–Crippen LogP) is 1.53. The van der Waals surface area contributed by atoms with Crippen LogP contribution >= 0.6 is 0 Å². The van der Waals surface area contributed by atoms with Crippen LogP contribution in [0.25, 0.3) is 0 Å². The van der Waals surface area contributed by atoms with Crippen LogP contribution in [0.15, 0.2) is 36.0 Å². The average Bonchev–Trinajstić information content (AvgIpc) is 2.06. The Morgan fingerprint density at radius 1 is 1.25 bits per heavy atom. The van der Waals surface area contributed by atoms with Gasteiger partial charge in [-0.3, -0.25) is 0 Å². The third-order valence-electron chi connectivity index (χ3n) is 1.94. The molecule has 0 amide bonds. The van der Waals surface area contributed by atoms with Gasteiger partial charge >= 0.3 is 0 Å². The topological polar surface area (TPSA) is 17.1 Å². The summed E-state index contributed by atoms with van der Waals surface area (Å²) in [5.74, 6) is 1.89. The standard InChI is InChI=1S/C10H12OSi/c1-12(2,9-8-11)10-6-4-3-5-7-10/h3-7,9H,1-2H3. The van der Waals surface area contributed by atoms with Gasteiger partial charge in [-0.05, 0) is 5.70 Å². The predicted molar refractivity (Wildman–Crippen MR) is 53.8 cm³/mol. The van der Waals surface area contributed by atoms with Crippen LogP contribution in [0.2, 0.25) is 13.1 Å².